The quantitative estimate of drug-likeness (QED) is 0.728. The van der Waals surface area contributed by atoms with Crippen LogP contribution in [0.25, 0.3) is 0 Å². The molecule has 0 unspecified atom stereocenters. The normalized spacial score (nSPS) is 11.0. The van der Waals surface area contributed by atoms with Crippen molar-refractivity contribution >= 4 is 5.82 Å². The molecule has 0 radical (unpaired) electrons. The maximum Gasteiger partial charge on any atom is 0.124 e. The largest absolute Gasteiger partial charge is 0.368 e. The minimum absolute atomic E-state index is 0.599. The first-order valence-corrected chi connectivity index (χ1v) is 6.60. The van der Waals surface area contributed by atoms with Crippen molar-refractivity contribution in [3.63, 3.8) is 0 Å². The van der Waals surface area contributed by atoms with Gasteiger partial charge in [0.25, 0.3) is 0 Å². The number of rotatable bonds is 8. The smallest absolute Gasteiger partial charge is 0.124 e. The van der Waals surface area contributed by atoms with Gasteiger partial charge in [0.05, 0.1) is 6.20 Å². The van der Waals surface area contributed by atoms with Crippen molar-refractivity contribution in [3.05, 3.63) is 12.3 Å². The van der Waals surface area contributed by atoms with E-state index in [4.69, 9.17) is 0 Å². The average Bonchev–Trinajstić information content (AvgIpc) is 2.67. The topological polar surface area (TPSA) is 29.9 Å². The monoisotopic (exact) mass is 223 g/mol. The van der Waals surface area contributed by atoms with E-state index in [0.29, 0.717) is 6.04 Å². The van der Waals surface area contributed by atoms with Crippen LogP contribution >= 0.6 is 0 Å². The molecule has 0 atom stereocenters. The highest BCUT2D eigenvalue weighted by Gasteiger charge is 2.09. The lowest BCUT2D eigenvalue weighted by molar-refractivity contribution is 0.561. The van der Waals surface area contributed by atoms with Gasteiger partial charge >= 0.3 is 0 Å². The first kappa shape index (κ1) is 13.1. The van der Waals surface area contributed by atoms with Crippen molar-refractivity contribution < 1.29 is 0 Å². The predicted molar refractivity (Wildman–Crippen MR) is 69.7 cm³/mol. The molecule has 0 saturated carbocycles. The Labute approximate surface area is 99.2 Å². The van der Waals surface area contributed by atoms with Gasteiger partial charge in [-0.05, 0) is 19.3 Å². The molecule has 3 nitrogen and oxygen atoms in total. The first-order chi connectivity index (χ1) is 7.81. The lowest BCUT2D eigenvalue weighted by atomic mass is 10.1. The molecule has 1 aromatic heterocycles. The molecular weight excluding hydrogens is 198 g/mol. The molecule has 0 saturated heterocycles. The van der Waals surface area contributed by atoms with Crippen LogP contribution in [-0.2, 0) is 6.54 Å². The van der Waals surface area contributed by atoms with E-state index < -0.39 is 0 Å². The van der Waals surface area contributed by atoms with Crippen molar-refractivity contribution in [3.8, 4) is 0 Å². The van der Waals surface area contributed by atoms with Crippen LogP contribution < -0.4 is 5.32 Å². The van der Waals surface area contributed by atoms with Gasteiger partial charge in [-0.2, -0.15) is 5.10 Å². The summed E-state index contributed by atoms with van der Waals surface area (Å²) in [6.45, 7) is 7.67. The third-order valence-corrected chi connectivity index (χ3v) is 2.78. The Bertz CT molecular complexity index is 274. The number of nitrogens with one attached hydrogen (secondary N) is 1. The number of anilines is 1. The molecule has 0 spiro atoms. The van der Waals surface area contributed by atoms with Crippen LogP contribution in [0.1, 0.15) is 52.9 Å². The fourth-order valence-electron chi connectivity index (χ4n) is 2.04. The summed E-state index contributed by atoms with van der Waals surface area (Å²) >= 11 is 0. The standard InChI is InChI=1S/C13H25N3/c1-4-7-12(8-5-2)15-13-9-10-14-16(13)11-6-3/h9-10,12,15H,4-8,11H2,1-3H3. The SMILES string of the molecule is CCCC(CCC)Nc1ccnn1CCC. The van der Waals surface area contributed by atoms with Gasteiger partial charge in [-0.3, -0.25) is 0 Å². The van der Waals surface area contributed by atoms with E-state index in [9.17, 15) is 0 Å². The van der Waals surface area contributed by atoms with Gasteiger partial charge in [0.1, 0.15) is 5.82 Å². The van der Waals surface area contributed by atoms with E-state index in [1.807, 2.05) is 6.20 Å². The van der Waals surface area contributed by atoms with Crippen LogP contribution in [0.2, 0.25) is 0 Å². The van der Waals surface area contributed by atoms with Crippen LogP contribution in [0.4, 0.5) is 5.82 Å². The number of hydrogen-bond acceptors (Lipinski definition) is 2. The summed E-state index contributed by atoms with van der Waals surface area (Å²) in [4.78, 5) is 0. The highest BCUT2D eigenvalue weighted by Crippen LogP contribution is 2.14. The molecule has 0 fully saturated rings. The van der Waals surface area contributed by atoms with E-state index >= 15 is 0 Å². The summed E-state index contributed by atoms with van der Waals surface area (Å²) in [5.74, 6) is 1.17. The van der Waals surface area contributed by atoms with Gasteiger partial charge in [0.2, 0.25) is 0 Å². The summed E-state index contributed by atoms with van der Waals surface area (Å²) in [7, 11) is 0. The lowest BCUT2D eigenvalue weighted by Gasteiger charge is -2.19. The van der Waals surface area contributed by atoms with E-state index in [1.54, 1.807) is 0 Å². The molecule has 0 aliphatic heterocycles. The van der Waals surface area contributed by atoms with Crippen molar-refractivity contribution in [2.24, 2.45) is 0 Å². The molecule has 0 aliphatic carbocycles. The number of hydrogen-bond donors (Lipinski definition) is 1. The Morgan fingerprint density at radius 1 is 1.19 bits per heavy atom. The molecule has 3 heteroatoms. The van der Waals surface area contributed by atoms with E-state index in [-0.39, 0.29) is 0 Å². The molecule has 0 aromatic carbocycles. The second-order valence-corrected chi connectivity index (χ2v) is 4.36. The molecule has 0 amide bonds. The van der Waals surface area contributed by atoms with Gasteiger partial charge in [0, 0.05) is 18.7 Å². The predicted octanol–water partition coefficient (Wildman–Crippen LogP) is 3.67. The van der Waals surface area contributed by atoms with Crippen LogP contribution in [0.15, 0.2) is 12.3 Å². The average molecular weight is 223 g/mol. The third-order valence-electron chi connectivity index (χ3n) is 2.78. The summed E-state index contributed by atoms with van der Waals surface area (Å²) in [5.41, 5.74) is 0. The Morgan fingerprint density at radius 3 is 2.44 bits per heavy atom. The molecule has 92 valence electrons. The third kappa shape index (κ3) is 3.87. The summed E-state index contributed by atoms with van der Waals surface area (Å²) in [5, 5.41) is 7.95. The van der Waals surface area contributed by atoms with E-state index in [1.165, 1.54) is 31.5 Å². The van der Waals surface area contributed by atoms with Gasteiger partial charge in [-0.1, -0.05) is 33.6 Å². The van der Waals surface area contributed by atoms with Crippen LogP contribution in [0.5, 0.6) is 0 Å². The second kappa shape index (κ2) is 7.31. The van der Waals surface area contributed by atoms with Crippen LogP contribution in [0, 0.1) is 0 Å². The zero-order valence-electron chi connectivity index (χ0n) is 10.9. The molecule has 1 N–H and O–H groups in total. The Balaban J connectivity index is 2.57. The Hall–Kier alpha value is -0.990. The second-order valence-electron chi connectivity index (χ2n) is 4.36. The van der Waals surface area contributed by atoms with Crippen molar-refractivity contribution in [1.29, 1.82) is 0 Å². The Morgan fingerprint density at radius 2 is 1.88 bits per heavy atom. The van der Waals surface area contributed by atoms with Gasteiger partial charge in [0.15, 0.2) is 0 Å². The Kier molecular flexibility index (Phi) is 5.98. The van der Waals surface area contributed by atoms with Gasteiger partial charge in [-0.15, -0.1) is 0 Å². The first-order valence-electron chi connectivity index (χ1n) is 6.60. The van der Waals surface area contributed by atoms with E-state index in [2.05, 4.69) is 41.9 Å². The minimum atomic E-state index is 0.599. The lowest BCUT2D eigenvalue weighted by Crippen LogP contribution is -2.21. The van der Waals surface area contributed by atoms with Crippen LogP contribution in [0.3, 0.4) is 0 Å². The number of aromatic nitrogens is 2. The van der Waals surface area contributed by atoms with Crippen molar-refractivity contribution in [2.45, 2.75) is 65.5 Å². The van der Waals surface area contributed by atoms with Crippen LogP contribution in [-0.4, -0.2) is 15.8 Å². The molecular formula is C13H25N3. The molecule has 16 heavy (non-hydrogen) atoms. The maximum absolute atomic E-state index is 4.33. The molecule has 0 bridgehead atoms. The fraction of sp³-hybridized carbons (Fsp3) is 0.769. The van der Waals surface area contributed by atoms with Crippen molar-refractivity contribution in [1.82, 2.24) is 9.78 Å². The molecule has 1 heterocycles. The fourth-order valence-corrected chi connectivity index (χ4v) is 2.04. The zero-order valence-corrected chi connectivity index (χ0v) is 10.9. The zero-order chi connectivity index (χ0) is 11.8. The summed E-state index contributed by atoms with van der Waals surface area (Å²) in [6, 6.07) is 2.68. The summed E-state index contributed by atoms with van der Waals surface area (Å²) in [6.07, 6.45) is 7.96. The summed E-state index contributed by atoms with van der Waals surface area (Å²) < 4.78 is 2.07. The maximum atomic E-state index is 4.33. The number of aryl methyl sites for hydroxylation is 1. The highest BCUT2D eigenvalue weighted by atomic mass is 15.3. The van der Waals surface area contributed by atoms with E-state index in [0.717, 1.165) is 13.0 Å². The van der Waals surface area contributed by atoms with Crippen molar-refractivity contribution in [2.75, 3.05) is 5.32 Å². The highest BCUT2D eigenvalue weighted by molar-refractivity contribution is 5.35. The molecule has 1 aromatic rings. The minimum Gasteiger partial charge on any atom is -0.368 e. The van der Waals surface area contributed by atoms with Gasteiger partial charge < -0.3 is 5.32 Å². The van der Waals surface area contributed by atoms with Gasteiger partial charge in [-0.25, -0.2) is 4.68 Å². The molecule has 1 rings (SSSR count). The molecule has 0 aliphatic rings. The number of nitrogens with zero attached hydrogens (tertiary/aromatic N) is 2.